The minimum atomic E-state index is -0.213. The van der Waals surface area contributed by atoms with Crippen LogP contribution < -0.4 is 10.1 Å². The highest BCUT2D eigenvalue weighted by molar-refractivity contribution is 14.1. The molecule has 2 aromatic rings. The largest absolute Gasteiger partial charge is 0.491 e. The number of ether oxygens (including phenoxy) is 1. The standard InChI is InChI=1S/C16H17FINO/c1-11(2)20-14-6-3-12(4-7-14)10-19-16-8-5-13(17)9-15(16)18/h3-9,11,19H,10H2,1-2H3. The van der Waals surface area contributed by atoms with Crippen molar-refractivity contribution in [3.63, 3.8) is 0 Å². The molecule has 1 N–H and O–H groups in total. The van der Waals surface area contributed by atoms with Crippen LogP contribution in [-0.2, 0) is 6.54 Å². The van der Waals surface area contributed by atoms with Crippen LogP contribution >= 0.6 is 22.6 Å². The molecule has 2 aromatic carbocycles. The van der Waals surface area contributed by atoms with Gasteiger partial charge in [-0.2, -0.15) is 0 Å². The third-order valence-electron chi connectivity index (χ3n) is 2.71. The van der Waals surface area contributed by atoms with Crippen molar-refractivity contribution in [2.75, 3.05) is 5.32 Å². The van der Waals surface area contributed by atoms with E-state index in [9.17, 15) is 4.39 Å². The fourth-order valence-electron chi connectivity index (χ4n) is 1.79. The third-order valence-corrected chi connectivity index (χ3v) is 3.60. The van der Waals surface area contributed by atoms with Crippen LogP contribution in [0.4, 0.5) is 10.1 Å². The molecular weight excluding hydrogens is 368 g/mol. The molecule has 0 unspecified atom stereocenters. The maximum atomic E-state index is 13.0. The maximum Gasteiger partial charge on any atom is 0.124 e. The smallest absolute Gasteiger partial charge is 0.124 e. The highest BCUT2D eigenvalue weighted by Gasteiger charge is 2.02. The van der Waals surface area contributed by atoms with Gasteiger partial charge in [0, 0.05) is 15.8 Å². The topological polar surface area (TPSA) is 21.3 Å². The molecule has 0 amide bonds. The fraction of sp³-hybridized carbons (Fsp3) is 0.250. The van der Waals surface area contributed by atoms with Gasteiger partial charge < -0.3 is 10.1 Å². The SMILES string of the molecule is CC(C)Oc1ccc(CNc2ccc(F)cc2I)cc1. The molecule has 0 spiro atoms. The summed E-state index contributed by atoms with van der Waals surface area (Å²) in [5, 5.41) is 3.30. The first-order chi connectivity index (χ1) is 9.54. The van der Waals surface area contributed by atoms with Crippen molar-refractivity contribution in [1.82, 2.24) is 0 Å². The minimum absolute atomic E-state index is 0.180. The second kappa shape index (κ2) is 6.92. The van der Waals surface area contributed by atoms with Crippen LogP contribution in [-0.4, -0.2) is 6.10 Å². The zero-order chi connectivity index (χ0) is 14.5. The van der Waals surface area contributed by atoms with Crippen molar-refractivity contribution in [1.29, 1.82) is 0 Å². The Morgan fingerprint density at radius 2 is 1.85 bits per heavy atom. The van der Waals surface area contributed by atoms with Gasteiger partial charge in [-0.1, -0.05) is 12.1 Å². The number of hydrogen-bond acceptors (Lipinski definition) is 2. The van der Waals surface area contributed by atoms with Crippen LogP contribution in [0.5, 0.6) is 5.75 Å². The van der Waals surface area contributed by atoms with Crippen molar-refractivity contribution in [2.24, 2.45) is 0 Å². The summed E-state index contributed by atoms with van der Waals surface area (Å²) in [5.41, 5.74) is 2.09. The lowest BCUT2D eigenvalue weighted by atomic mass is 10.2. The van der Waals surface area contributed by atoms with Crippen molar-refractivity contribution in [3.8, 4) is 5.75 Å². The van der Waals surface area contributed by atoms with Crippen LogP contribution in [0.2, 0.25) is 0 Å². The first-order valence-corrected chi connectivity index (χ1v) is 7.57. The Bertz CT molecular complexity index is 569. The number of nitrogens with one attached hydrogen (secondary N) is 1. The van der Waals surface area contributed by atoms with Gasteiger partial charge in [0.15, 0.2) is 0 Å². The quantitative estimate of drug-likeness (QED) is 0.745. The lowest BCUT2D eigenvalue weighted by Crippen LogP contribution is -2.06. The molecule has 0 aliphatic carbocycles. The van der Waals surface area contributed by atoms with Gasteiger partial charge in [0.05, 0.1) is 6.10 Å². The van der Waals surface area contributed by atoms with Gasteiger partial charge in [-0.25, -0.2) is 4.39 Å². The van der Waals surface area contributed by atoms with E-state index < -0.39 is 0 Å². The third kappa shape index (κ3) is 4.37. The van der Waals surface area contributed by atoms with E-state index >= 15 is 0 Å². The Morgan fingerprint density at radius 3 is 2.45 bits per heavy atom. The molecule has 106 valence electrons. The van der Waals surface area contributed by atoms with E-state index in [1.54, 1.807) is 6.07 Å². The predicted molar refractivity (Wildman–Crippen MR) is 88.6 cm³/mol. The molecule has 0 radical (unpaired) electrons. The summed E-state index contributed by atoms with van der Waals surface area (Å²) in [6, 6.07) is 12.7. The summed E-state index contributed by atoms with van der Waals surface area (Å²) in [5.74, 6) is 0.662. The van der Waals surface area contributed by atoms with E-state index in [0.717, 1.165) is 20.6 Å². The molecule has 0 saturated carbocycles. The van der Waals surface area contributed by atoms with E-state index in [4.69, 9.17) is 4.74 Å². The molecule has 0 atom stereocenters. The molecule has 2 rings (SSSR count). The Hall–Kier alpha value is -1.30. The van der Waals surface area contributed by atoms with Crippen molar-refractivity contribution < 1.29 is 9.13 Å². The monoisotopic (exact) mass is 385 g/mol. The number of hydrogen-bond donors (Lipinski definition) is 1. The van der Waals surface area contributed by atoms with Crippen molar-refractivity contribution in [2.45, 2.75) is 26.5 Å². The molecule has 0 aliphatic rings. The van der Waals surface area contributed by atoms with Crippen LogP contribution in [0.15, 0.2) is 42.5 Å². The van der Waals surface area contributed by atoms with Gasteiger partial charge in [0.25, 0.3) is 0 Å². The summed E-state index contributed by atoms with van der Waals surface area (Å²) in [7, 11) is 0. The normalized spacial score (nSPS) is 10.7. The van der Waals surface area contributed by atoms with Gasteiger partial charge in [0.1, 0.15) is 11.6 Å². The van der Waals surface area contributed by atoms with Gasteiger partial charge in [-0.15, -0.1) is 0 Å². The predicted octanol–water partition coefficient (Wildman–Crippen LogP) is 4.83. The van der Waals surface area contributed by atoms with Gasteiger partial charge in [-0.3, -0.25) is 0 Å². The molecule has 0 aliphatic heterocycles. The second-order valence-electron chi connectivity index (χ2n) is 4.79. The Labute approximate surface area is 132 Å². The number of anilines is 1. The van der Waals surface area contributed by atoms with E-state index in [-0.39, 0.29) is 11.9 Å². The Balaban J connectivity index is 1.96. The summed E-state index contributed by atoms with van der Waals surface area (Å²) in [6.07, 6.45) is 0.180. The van der Waals surface area contributed by atoms with E-state index in [2.05, 4.69) is 27.9 Å². The average Bonchev–Trinajstić information content (AvgIpc) is 2.39. The Kier molecular flexibility index (Phi) is 5.23. The molecule has 20 heavy (non-hydrogen) atoms. The number of rotatable bonds is 5. The molecule has 0 fully saturated rings. The lowest BCUT2D eigenvalue weighted by molar-refractivity contribution is 0.242. The number of halogens is 2. The van der Waals surface area contributed by atoms with Gasteiger partial charge in [-0.05, 0) is 72.3 Å². The van der Waals surface area contributed by atoms with Crippen LogP contribution in [0, 0.1) is 9.39 Å². The molecule has 0 bridgehead atoms. The first kappa shape index (κ1) is 15.1. The van der Waals surface area contributed by atoms with Gasteiger partial charge >= 0.3 is 0 Å². The molecular formula is C16H17FINO. The average molecular weight is 385 g/mol. The van der Waals surface area contributed by atoms with Crippen LogP contribution in [0.1, 0.15) is 19.4 Å². The van der Waals surface area contributed by atoms with E-state index in [0.29, 0.717) is 6.54 Å². The zero-order valence-corrected chi connectivity index (χ0v) is 13.6. The van der Waals surface area contributed by atoms with E-state index in [1.165, 1.54) is 12.1 Å². The molecule has 0 heterocycles. The fourth-order valence-corrected chi connectivity index (χ4v) is 2.46. The van der Waals surface area contributed by atoms with Crippen LogP contribution in [0.3, 0.4) is 0 Å². The molecule has 4 heteroatoms. The minimum Gasteiger partial charge on any atom is -0.491 e. The Morgan fingerprint density at radius 1 is 1.15 bits per heavy atom. The lowest BCUT2D eigenvalue weighted by Gasteiger charge is -2.11. The zero-order valence-electron chi connectivity index (χ0n) is 11.5. The summed E-state index contributed by atoms with van der Waals surface area (Å²) in [6.45, 7) is 4.71. The van der Waals surface area contributed by atoms with E-state index in [1.807, 2.05) is 38.1 Å². The first-order valence-electron chi connectivity index (χ1n) is 6.49. The molecule has 0 aromatic heterocycles. The molecule has 2 nitrogen and oxygen atoms in total. The summed E-state index contributed by atoms with van der Waals surface area (Å²) in [4.78, 5) is 0. The maximum absolute atomic E-state index is 13.0. The highest BCUT2D eigenvalue weighted by atomic mass is 127. The summed E-state index contributed by atoms with van der Waals surface area (Å²) >= 11 is 2.12. The van der Waals surface area contributed by atoms with Crippen LogP contribution in [0.25, 0.3) is 0 Å². The molecule has 0 saturated heterocycles. The highest BCUT2D eigenvalue weighted by Crippen LogP contribution is 2.20. The van der Waals surface area contributed by atoms with Crippen molar-refractivity contribution in [3.05, 3.63) is 57.4 Å². The van der Waals surface area contributed by atoms with Gasteiger partial charge in [0.2, 0.25) is 0 Å². The summed E-state index contributed by atoms with van der Waals surface area (Å²) < 4.78 is 19.5. The van der Waals surface area contributed by atoms with Crippen molar-refractivity contribution >= 4 is 28.3 Å². The second-order valence-corrected chi connectivity index (χ2v) is 5.95. The number of benzene rings is 2.